The molecule has 0 saturated heterocycles. The van der Waals surface area contributed by atoms with Crippen molar-refractivity contribution in [3.8, 4) is 0 Å². The fourth-order valence-corrected chi connectivity index (χ4v) is 3.07. The molecule has 0 bridgehead atoms. The Labute approximate surface area is 157 Å². The second kappa shape index (κ2) is 7.45. The van der Waals surface area contributed by atoms with Gasteiger partial charge in [0.25, 0.3) is 0 Å². The van der Waals surface area contributed by atoms with Crippen molar-refractivity contribution in [3.05, 3.63) is 78.2 Å². The van der Waals surface area contributed by atoms with Gasteiger partial charge >= 0.3 is 0 Å². The lowest BCUT2D eigenvalue weighted by Gasteiger charge is -2.05. The topological polar surface area (TPSA) is 64.7 Å². The number of hydrogen-bond acceptors (Lipinski definition) is 3. The number of hydrogen-bond donors (Lipinski definition) is 1. The predicted molar refractivity (Wildman–Crippen MR) is 105 cm³/mol. The highest BCUT2D eigenvalue weighted by Crippen LogP contribution is 2.16. The summed E-state index contributed by atoms with van der Waals surface area (Å²) in [7, 11) is 0. The third-order valence-corrected chi connectivity index (χ3v) is 4.46. The maximum absolute atomic E-state index is 12.3. The van der Waals surface area contributed by atoms with E-state index in [1.807, 2.05) is 40.0 Å². The van der Waals surface area contributed by atoms with E-state index in [1.54, 1.807) is 6.20 Å². The van der Waals surface area contributed by atoms with Gasteiger partial charge in [0.15, 0.2) is 0 Å². The zero-order valence-corrected chi connectivity index (χ0v) is 15.2. The number of aryl methyl sites for hydroxylation is 2. The molecule has 4 rings (SSSR count). The molecule has 0 aliphatic heterocycles. The van der Waals surface area contributed by atoms with Crippen LogP contribution >= 0.6 is 0 Å². The van der Waals surface area contributed by atoms with Gasteiger partial charge in [0.05, 0.1) is 36.7 Å². The molecule has 6 heteroatoms. The second-order valence-corrected chi connectivity index (χ2v) is 6.64. The van der Waals surface area contributed by atoms with Gasteiger partial charge in [-0.3, -0.25) is 14.2 Å². The summed E-state index contributed by atoms with van der Waals surface area (Å²) in [5.74, 6) is -0.0504. The van der Waals surface area contributed by atoms with Crippen LogP contribution in [-0.2, 0) is 17.9 Å². The van der Waals surface area contributed by atoms with E-state index in [0.717, 1.165) is 10.9 Å². The Morgan fingerprint density at radius 3 is 2.78 bits per heavy atom. The molecule has 1 N–H and O–H groups in total. The zero-order chi connectivity index (χ0) is 18.6. The van der Waals surface area contributed by atoms with Crippen LogP contribution in [0, 0.1) is 6.92 Å². The average molecular weight is 359 g/mol. The second-order valence-electron chi connectivity index (χ2n) is 6.64. The van der Waals surface area contributed by atoms with Gasteiger partial charge in [-0.1, -0.05) is 42.5 Å². The summed E-state index contributed by atoms with van der Waals surface area (Å²) in [6.45, 7) is 3.27. The van der Waals surface area contributed by atoms with E-state index in [0.29, 0.717) is 25.2 Å². The first-order valence-corrected chi connectivity index (χ1v) is 8.96. The fraction of sp³-hybridized carbons (Fsp3) is 0.190. The van der Waals surface area contributed by atoms with Crippen LogP contribution in [-0.4, -0.2) is 25.5 Å². The number of carbonyl (C=O) groups is 1. The number of rotatable bonds is 6. The highest BCUT2D eigenvalue weighted by molar-refractivity contribution is 5.90. The SMILES string of the molecule is Cc1ccc2cnn(CCC(=O)Nc3cnn(Cc4ccccc4)c3)c2c1. The number of nitrogens with zero attached hydrogens (tertiary/aromatic N) is 4. The molecule has 0 aliphatic carbocycles. The third kappa shape index (κ3) is 4.06. The van der Waals surface area contributed by atoms with Gasteiger partial charge in [0, 0.05) is 18.0 Å². The van der Waals surface area contributed by atoms with E-state index in [1.165, 1.54) is 11.1 Å². The van der Waals surface area contributed by atoms with Gasteiger partial charge in [-0.05, 0) is 24.1 Å². The van der Waals surface area contributed by atoms with Crippen LogP contribution < -0.4 is 5.32 Å². The van der Waals surface area contributed by atoms with Crippen molar-refractivity contribution in [2.45, 2.75) is 26.4 Å². The molecular formula is C21H21N5O. The number of benzene rings is 2. The molecule has 0 radical (unpaired) electrons. The van der Waals surface area contributed by atoms with Crippen molar-refractivity contribution in [2.24, 2.45) is 0 Å². The van der Waals surface area contributed by atoms with Gasteiger partial charge in [-0.2, -0.15) is 10.2 Å². The monoisotopic (exact) mass is 359 g/mol. The van der Waals surface area contributed by atoms with E-state index in [9.17, 15) is 4.79 Å². The van der Waals surface area contributed by atoms with Crippen LogP contribution in [0.3, 0.4) is 0 Å². The molecule has 0 aliphatic rings. The van der Waals surface area contributed by atoms with Crippen LogP contribution in [0.15, 0.2) is 67.1 Å². The summed E-state index contributed by atoms with van der Waals surface area (Å²) in [5.41, 5.74) is 4.11. The lowest BCUT2D eigenvalue weighted by atomic mass is 10.2. The van der Waals surface area contributed by atoms with Crippen molar-refractivity contribution in [3.63, 3.8) is 0 Å². The molecule has 27 heavy (non-hydrogen) atoms. The Kier molecular flexibility index (Phi) is 4.70. The van der Waals surface area contributed by atoms with Crippen LogP contribution in [0.5, 0.6) is 0 Å². The fourth-order valence-electron chi connectivity index (χ4n) is 3.07. The van der Waals surface area contributed by atoms with Gasteiger partial charge in [0.1, 0.15) is 0 Å². The summed E-state index contributed by atoms with van der Waals surface area (Å²) < 4.78 is 3.69. The molecule has 1 amide bonds. The van der Waals surface area contributed by atoms with Crippen molar-refractivity contribution in [1.82, 2.24) is 19.6 Å². The van der Waals surface area contributed by atoms with Crippen molar-refractivity contribution < 1.29 is 4.79 Å². The van der Waals surface area contributed by atoms with E-state index in [-0.39, 0.29) is 5.91 Å². The minimum absolute atomic E-state index is 0.0504. The maximum Gasteiger partial charge on any atom is 0.226 e. The van der Waals surface area contributed by atoms with Gasteiger partial charge in [-0.15, -0.1) is 0 Å². The zero-order valence-electron chi connectivity index (χ0n) is 15.2. The minimum atomic E-state index is -0.0504. The van der Waals surface area contributed by atoms with Crippen LogP contribution in [0.1, 0.15) is 17.5 Å². The summed E-state index contributed by atoms with van der Waals surface area (Å²) in [6.07, 6.45) is 5.71. The number of anilines is 1. The standard InChI is InChI=1S/C21H21N5O/c1-16-7-8-18-12-23-26(20(18)11-16)10-9-21(27)24-19-13-22-25(15-19)14-17-5-3-2-4-6-17/h2-8,11-13,15H,9-10,14H2,1H3,(H,24,27). The van der Waals surface area contributed by atoms with E-state index in [2.05, 4.69) is 52.8 Å². The summed E-state index contributed by atoms with van der Waals surface area (Å²) in [5, 5.41) is 12.7. The molecule has 0 unspecified atom stereocenters. The largest absolute Gasteiger partial charge is 0.323 e. The van der Waals surface area contributed by atoms with Gasteiger partial charge in [0.2, 0.25) is 5.91 Å². The van der Waals surface area contributed by atoms with E-state index in [4.69, 9.17) is 0 Å². The summed E-state index contributed by atoms with van der Waals surface area (Å²) in [6, 6.07) is 16.3. The first kappa shape index (κ1) is 17.0. The molecule has 0 spiro atoms. The number of amides is 1. The average Bonchev–Trinajstić information content (AvgIpc) is 3.27. The number of carbonyl (C=O) groups excluding carboxylic acids is 1. The Morgan fingerprint density at radius 2 is 1.93 bits per heavy atom. The Bertz CT molecular complexity index is 1060. The smallest absolute Gasteiger partial charge is 0.226 e. The maximum atomic E-state index is 12.3. The molecule has 4 aromatic rings. The lowest BCUT2D eigenvalue weighted by Crippen LogP contribution is -2.14. The summed E-state index contributed by atoms with van der Waals surface area (Å²) >= 11 is 0. The molecule has 0 atom stereocenters. The minimum Gasteiger partial charge on any atom is -0.323 e. The van der Waals surface area contributed by atoms with Crippen LogP contribution in [0.2, 0.25) is 0 Å². The number of fused-ring (bicyclic) bond motifs is 1. The molecule has 0 fully saturated rings. The molecule has 2 aromatic heterocycles. The Balaban J connectivity index is 1.35. The normalized spacial score (nSPS) is 11.0. The van der Waals surface area contributed by atoms with Gasteiger partial charge in [-0.25, -0.2) is 0 Å². The molecule has 2 heterocycles. The third-order valence-electron chi connectivity index (χ3n) is 4.46. The molecule has 2 aromatic carbocycles. The van der Waals surface area contributed by atoms with Crippen molar-refractivity contribution in [2.75, 3.05) is 5.32 Å². The number of nitrogens with one attached hydrogen (secondary N) is 1. The first-order valence-electron chi connectivity index (χ1n) is 8.96. The summed E-state index contributed by atoms with van der Waals surface area (Å²) in [4.78, 5) is 12.3. The Hall–Kier alpha value is -3.41. The molecule has 0 saturated carbocycles. The van der Waals surface area contributed by atoms with Crippen molar-refractivity contribution in [1.29, 1.82) is 0 Å². The molecule has 6 nitrogen and oxygen atoms in total. The lowest BCUT2D eigenvalue weighted by molar-refractivity contribution is -0.116. The highest BCUT2D eigenvalue weighted by atomic mass is 16.1. The Morgan fingerprint density at radius 1 is 1.07 bits per heavy atom. The number of aromatic nitrogens is 4. The van der Waals surface area contributed by atoms with Crippen molar-refractivity contribution >= 4 is 22.5 Å². The van der Waals surface area contributed by atoms with E-state index >= 15 is 0 Å². The van der Waals surface area contributed by atoms with Crippen LogP contribution in [0.25, 0.3) is 10.9 Å². The first-order chi connectivity index (χ1) is 13.2. The molecule has 136 valence electrons. The predicted octanol–water partition coefficient (Wildman–Crippen LogP) is 3.62. The molecular weight excluding hydrogens is 338 g/mol. The van der Waals surface area contributed by atoms with Gasteiger partial charge < -0.3 is 5.32 Å². The van der Waals surface area contributed by atoms with E-state index < -0.39 is 0 Å². The quantitative estimate of drug-likeness (QED) is 0.572. The highest BCUT2D eigenvalue weighted by Gasteiger charge is 2.08. The van der Waals surface area contributed by atoms with Crippen LogP contribution in [0.4, 0.5) is 5.69 Å².